The lowest BCUT2D eigenvalue weighted by atomic mass is 10.1. The first-order chi connectivity index (χ1) is 11.4. The van der Waals surface area contributed by atoms with Gasteiger partial charge in [0.25, 0.3) is 0 Å². The molecule has 2 N–H and O–H groups in total. The molecule has 0 aliphatic rings. The lowest BCUT2D eigenvalue weighted by Crippen LogP contribution is -2.13. The minimum atomic E-state index is -3.19. The highest BCUT2D eigenvalue weighted by Gasteiger charge is 2.10. The van der Waals surface area contributed by atoms with Crippen molar-refractivity contribution in [3.63, 3.8) is 0 Å². The van der Waals surface area contributed by atoms with Crippen molar-refractivity contribution in [1.29, 1.82) is 0 Å². The van der Waals surface area contributed by atoms with Crippen LogP contribution in [-0.2, 0) is 36.6 Å². The largest absolute Gasteiger partial charge is 0.369 e. The highest BCUT2D eigenvalue weighted by molar-refractivity contribution is 8.13. The standard InChI is InChI=1S/C14H18N2O3S.CH3ClO2S/c1-20(18,19)8-4-7-16-10-11(9-14(15)17)12-5-2-3-6-13(12)16;1-5(2,3)4/h2-3,5-6,10H,4,7-9H2,1H3,(H2,15,17);1H3. The molecule has 0 saturated heterocycles. The third kappa shape index (κ3) is 8.89. The number of rotatable bonds is 6. The van der Waals surface area contributed by atoms with Crippen LogP contribution < -0.4 is 5.73 Å². The molecular formula is C15H21ClN2O5S2. The van der Waals surface area contributed by atoms with Crippen LogP contribution in [0.15, 0.2) is 30.5 Å². The number of para-hydroxylation sites is 1. The van der Waals surface area contributed by atoms with E-state index in [4.69, 9.17) is 5.73 Å². The van der Waals surface area contributed by atoms with Crippen LogP contribution in [0.1, 0.15) is 12.0 Å². The fraction of sp³-hybridized carbons (Fsp3) is 0.400. The Hall–Kier alpha value is -1.58. The highest BCUT2D eigenvalue weighted by atomic mass is 35.7. The van der Waals surface area contributed by atoms with Gasteiger partial charge in [0.15, 0.2) is 0 Å². The molecule has 1 aromatic heterocycles. The van der Waals surface area contributed by atoms with Gasteiger partial charge < -0.3 is 10.3 Å². The Morgan fingerprint density at radius 3 is 2.24 bits per heavy atom. The molecule has 140 valence electrons. The lowest BCUT2D eigenvalue weighted by Gasteiger charge is -2.04. The van der Waals surface area contributed by atoms with E-state index in [0.717, 1.165) is 22.7 Å². The molecule has 0 radical (unpaired) electrons. The van der Waals surface area contributed by atoms with Crippen LogP contribution in [0.25, 0.3) is 10.9 Å². The summed E-state index contributed by atoms with van der Waals surface area (Å²) in [7, 11) is -1.64. The summed E-state index contributed by atoms with van der Waals surface area (Å²) in [4.78, 5) is 11.1. The average molecular weight is 409 g/mol. The number of primary amides is 1. The van der Waals surface area contributed by atoms with Gasteiger partial charge in [0, 0.05) is 40.6 Å². The number of amides is 1. The van der Waals surface area contributed by atoms with Gasteiger partial charge in [0.05, 0.1) is 18.4 Å². The van der Waals surface area contributed by atoms with Crippen molar-refractivity contribution in [3.8, 4) is 0 Å². The smallest absolute Gasteiger partial charge is 0.229 e. The number of carbonyl (C=O) groups is 1. The van der Waals surface area contributed by atoms with Crippen LogP contribution in [0, 0.1) is 0 Å². The molecule has 7 nitrogen and oxygen atoms in total. The predicted molar refractivity (Wildman–Crippen MR) is 99.9 cm³/mol. The number of carbonyl (C=O) groups excluding carboxylic acids is 1. The van der Waals surface area contributed by atoms with Crippen molar-refractivity contribution < 1.29 is 21.6 Å². The van der Waals surface area contributed by atoms with E-state index in [-0.39, 0.29) is 18.1 Å². The molecule has 0 bridgehead atoms. The quantitative estimate of drug-likeness (QED) is 0.723. The van der Waals surface area contributed by atoms with Crippen molar-refractivity contribution >= 4 is 46.4 Å². The number of hydrogen-bond donors (Lipinski definition) is 1. The molecule has 0 fully saturated rings. The van der Waals surface area contributed by atoms with E-state index in [2.05, 4.69) is 10.7 Å². The fourth-order valence-electron chi connectivity index (χ4n) is 2.33. The molecule has 10 heteroatoms. The lowest BCUT2D eigenvalue weighted by molar-refractivity contribution is -0.117. The maximum atomic E-state index is 11.2. The van der Waals surface area contributed by atoms with Crippen molar-refractivity contribution in [2.45, 2.75) is 19.4 Å². The molecule has 0 spiro atoms. The van der Waals surface area contributed by atoms with Gasteiger partial charge in [-0.25, -0.2) is 16.8 Å². The van der Waals surface area contributed by atoms with E-state index in [1.54, 1.807) is 0 Å². The summed E-state index contributed by atoms with van der Waals surface area (Å²) in [6.07, 6.45) is 4.79. The van der Waals surface area contributed by atoms with E-state index >= 15 is 0 Å². The minimum absolute atomic E-state index is 0.157. The molecular weight excluding hydrogens is 388 g/mol. The van der Waals surface area contributed by atoms with Crippen LogP contribution >= 0.6 is 10.7 Å². The van der Waals surface area contributed by atoms with Gasteiger partial charge in [-0.15, -0.1) is 0 Å². The second-order valence-electron chi connectivity index (χ2n) is 5.67. The predicted octanol–water partition coefficient (Wildman–Crippen LogP) is 1.29. The normalized spacial score (nSPS) is 11.8. The summed E-state index contributed by atoms with van der Waals surface area (Å²) in [6.45, 7) is 0.604. The number of sulfone groups is 1. The van der Waals surface area contributed by atoms with Gasteiger partial charge >= 0.3 is 0 Å². The summed E-state index contributed by atoms with van der Waals surface area (Å²) >= 11 is 0. The first-order valence-corrected chi connectivity index (χ1v) is 12.1. The second kappa shape index (κ2) is 8.68. The van der Waals surface area contributed by atoms with Crippen LogP contribution in [0.3, 0.4) is 0 Å². The van der Waals surface area contributed by atoms with Crippen LogP contribution in [0.4, 0.5) is 0 Å². The summed E-state index contributed by atoms with van der Waals surface area (Å²) < 4.78 is 43.1. The zero-order chi connectivity index (χ0) is 19.3. The third-order valence-electron chi connectivity index (χ3n) is 3.15. The van der Waals surface area contributed by atoms with E-state index in [1.807, 2.05) is 35.0 Å². The van der Waals surface area contributed by atoms with E-state index in [1.165, 1.54) is 6.26 Å². The molecule has 2 rings (SSSR count). The third-order valence-corrected chi connectivity index (χ3v) is 4.18. The Morgan fingerprint density at radius 1 is 1.16 bits per heavy atom. The second-order valence-corrected chi connectivity index (χ2v) is 11.0. The maximum absolute atomic E-state index is 11.2. The average Bonchev–Trinajstić information content (AvgIpc) is 2.74. The summed E-state index contributed by atoms with van der Waals surface area (Å²) in [5, 5.41) is 0.991. The number of benzene rings is 1. The molecule has 0 saturated carbocycles. The minimum Gasteiger partial charge on any atom is -0.369 e. The van der Waals surface area contributed by atoms with Crippen molar-refractivity contribution in [2.75, 3.05) is 18.3 Å². The molecule has 1 aromatic carbocycles. The van der Waals surface area contributed by atoms with Gasteiger partial charge in [-0.3, -0.25) is 4.79 Å². The van der Waals surface area contributed by atoms with Gasteiger partial charge in [0.1, 0.15) is 9.84 Å². The van der Waals surface area contributed by atoms with Crippen LogP contribution in [0.2, 0.25) is 0 Å². The Balaban J connectivity index is 0.000000550. The molecule has 1 heterocycles. The number of nitrogens with zero attached hydrogens (tertiary/aromatic N) is 1. The number of aryl methyl sites for hydroxylation is 1. The topological polar surface area (TPSA) is 116 Å². The fourth-order valence-corrected chi connectivity index (χ4v) is 2.99. The first kappa shape index (κ1) is 21.5. The van der Waals surface area contributed by atoms with Crippen molar-refractivity contribution in [1.82, 2.24) is 4.57 Å². The Morgan fingerprint density at radius 2 is 1.72 bits per heavy atom. The highest BCUT2D eigenvalue weighted by Crippen LogP contribution is 2.22. The molecule has 25 heavy (non-hydrogen) atoms. The number of hydrogen-bond acceptors (Lipinski definition) is 5. The molecule has 1 amide bonds. The van der Waals surface area contributed by atoms with Gasteiger partial charge in [-0.2, -0.15) is 0 Å². The zero-order valence-electron chi connectivity index (χ0n) is 14.0. The monoisotopic (exact) mass is 408 g/mol. The maximum Gasteiger partial charge on any atom is 0.229 e. The van der Waals surface area contributed by atoms with Gasteiger partial charge in [-0.1, -0.05) is 18.2 Å². The number of fused-ring (bicyclic) bond motifs is 1. The number of halogens is 1. The molecule has 0 aliphatic carbocycles. The summed E-state index contributed by atoms with van der Waals surface area (Å²) in [5.41, 5.74) is 7.13. The Labute approximate surface area is 152 Å². The van der Waals surface area contributed by atoms with Gasteiger partial charge in [0.2, 0.25) is 15.0 Å². The summed E-state index contributed by atoms with van der Waals surface area (Å²) in [5.74, 6) is -0.214. The van der Waals surface area contributed by atoms with Gasteiger partial charge in [-0.05, 0) is 18.1 Å². The number of aromatic nitrogens is 1. The van der Waals surface area contributed by atoms with E-state index in [0.29, 0.717) is 13.0 Å². The molecule has 0 aliphatic heterocycles. The van der Waals surface area contributed by atoms with E-state index in [9.17, 15) is 21.6 Å². The molecule has 2 aromatic rings. The summed E-state index contributed by atoms with van der Waals surface area (Å²) in [6, 6.07) is 7.73. The van der Waals surface area contributed by atoms with Crippen LogP contribution in [-0.4, -0.2) is 45.6 Å². The van der Waals surface area contributed by atoms with E-state index < -0.39 is 18.9 Å². The van der Waals surface area contributed by atoms with Crippen molar-refractivity contribution in [2.24, 2.45) is 5.73 Å². The molecule has 0 unspecified atom stereocenters. The molecule has 0 atom stereocenters. The number of nitrogens with two attached hydrogens (primary N) is 1. The Bertz CT molecular complexity index is 941. The Kier molecular flexibility index (Phi) is 7.45. The van der Waals surface area contributed by atoms with Crippen LogP contribution in [0.5, 0.6) is 0 Å². The zero-order valence-corrected chi connectivity index (χ0v) is 16.4. The first-order valence-electron chi connectivity index (χ1n) is 7.29. The SMILES string of the molecule is CS(=O)(=O)CCCn1cc(CC(N)=O)c2ccccc21.CS(=O)(=O)Cl. The van der Waals surface area contributed by atoms with Crippen molar-refractivity contribution in [3.05, 3.63) is 36.0 Å².